The zero-order chi connectivity index (χ0) is 22.3. The third-order valence-electron chi connectivity index (χ3n) is 4.69. The normalized spacial score (nSPS) is 15.1. The average Bonchev–Trinajstić information content (AvgIpc) is 3.03. The molecule has 0 aliphatic carbocycles. The lowest BCUT2D eigenvalue weighted by Gasteiger charge is -2.18. The van der Waals surface area contributed by atoms with Crippen molar-refractivity contribution in [2.24, 2.45) is 5.10 Å². The van der Waals surface area contributed by atoms with Gasteiger partial charge in [-0.05, 0) is 49.2 Å². The molecule has 0 bridgehead atoms. The molecule has 0 atom stereocenters. The second kappa shape index (κ2) is 10.6. The summed E-state index contributed by atoms with van der Waals surface area (Å²) >= 11 is 5.77. The van der Waals surface area contributed by atoms with Gasteiger partial charge in [0.05, 0.1) is 17.7 Å². The maximum Gasteiger partial charge on any atom is 0.329 e. The van der Waals surface area contributed by atoms with Crippen LogP contribution in [0.4, 0.5) is 0 Å². The number of halogens is 1. The molecule has 1 aliphatic heterocycles. The molecule has 3 rings (SSSR count). The SMILES string of the molecule is O=C(N/N=C/c1ccc(CNS(=O)(=O)c2ccc(Cl)cc2)o1)C(=O)N1CCCCCC1. The van der Waals surface area contributed by atoms with E-state index >= 15 is 0 Å². The van der Waals surface area contributed by atoms with E-state index in [2.05, 4.69) is 15.2 Å². The van der Waals surface area contributed by atoms with Gasteiger partial charge in [-0.2, -0.15) is 5.10 Å². The predicted molar refractivity (Wildman–Crippen MR) is 115 cm³/mol. The van der Waals surface area contributed by atoms with Crippen LogP contribution in [0.25, 0.3) is 0 Å². The molecule has 9 nitrogen and oxygen atoms in total. The summed E-state index contributed by atoms with van der Waals surface area (Å²) in [6, 6.07) is 8.93. The molecule has 1 aromatic heterocycles. The molecule has 166 valence electrons. The van der Waals surface area contributed by atoms with Gasteiger partial charge < -0.3 is 9.32 Å². The van der Waals surface area contributed by atoms with E-state index in [9.17, 15) is 18.0 Å². The van der Waals surface area contributed by atoms with Crippen LogP contribution in [0.3, 0.4) is 0 Å². The van der Waals surface area contributed by atoms with Gasteiger partial charge in [0.1, 0.15) is 11.5 Å². The first-order chi connectivity index (χ1) is 14.8. The summed E-state index contributed by atoms with van der Waals surface area (Å²) in [6.07, 6.45) is 5.13. The van der Waals surface area contributed by atoms with E-state index in [1.54, 1.807) is 12.1 Å². The fraction of sp³-hybridized carbons (Fsp3) is 0.350. The molecule has 31 heavy (non-hydrogen) atoms. The number of nitrogens with zero attached hydrogens (tertiary/aromatic N) is 2. The molecule has 1 aliphatic rings. The van der Waals surface area contributed by atoms with Crippen LogP contribution in [0, 0.1) is 0 Å². The average molecular weight is 467 g/mol. The van der Waals surface area contributed by atoms with Crippen molar-refractivity contribution in [2.45, 2.75) is 37.1 Å². The van der Waals surface area contributed by atoms with Crippen molar-refractivity contribution >= 4 is 39.7 Å². The van der Waals surface area contributed by atoms with Crippen LogP contribution in [0.15, 0.2) is 50.8 Å². The summed E-state index contributed by atoms with van der Waals surface area (Å²) in [6.45, 7) is 1.07. The number of hydrazone groups is 1. The summed E-state index contributed by atoms with van der Waals surface area (Å²) in [5.41, 5.74) is 2.20. The number of carbonyl (C=O) groups is 2. The summed E-state index contributed by atoms with van der Waals surface area (Å²) in [5.74, 6) is -0.759. The predicted octanol–water partition coefficient (Wildman–Crippen LogP) is 2.26. The smallest absolute Gasteiger partial charge is 0.329 e. The number of sulfonamides is 1. The number of likely N-dealkylation sites (tertiary alicyclic amines) is 1. The second-order valence-corrected chi connectivity index (χ2v) is 9.19. The molecule has 0 unspecified atom stereocenters. The van der Waals surface area contributed by atoms with Gasteiger partial charge in [-0.1, -0.05) is 24.4 Å². The Morgan fingerprint density at radius 1 is 1.06 bits per heavy atom. The summed E-state index contributed by atoms with van der Waals surface area (Å²) < 4.78 is 32.5. The van der Waals surface area contributed by atoms with Crippen LogP contribution in [0.2, 0.25) is 5.02 Å². The van der Waals surface area contributed by atoms with Crippen molar-refractivity contribution in [3.63, 3.8) is 0 Å². The van der Waals surface area contributed by atoms with Crippen molar-refractivity contribution in [1.82, 2.24) is 15.0 Å². The first-order valence-corrected chi connectivity index (χ1v) is 11.7. The lowest BCUT2D eigenvalue weighted by Crippen LogP contribution is -2.41. The third-order valence-corrected chi connectivity index (χ3v) is 6.36. The highest BCUT2D eigenvalue weighted by atomic mass is 35.5. The maximum absolute atomic E-state index is 12.3. The Hall–Kier alpha value is -2.69. The lowest BCUT2D eigenvalue weighted by molar-refractivity contribution is -0.145. The monoisotopic (exact) mass is 466 g/mol. The van der Waals surface area contributed by atoms with Crippen molar-refractivity contribution < 1.29 is 22.4 Å². The zero-order valence-electron chi connectivity index (χ0n) is 16.7. The fourth-order valence-electron chi connectivity index (χ4n) is 3.04. The van der Waals surface area contributed by atoms with E-state index in [4.69, 9.17) is 16.0 Å². The molecule has 1 aromatic carbocycles. The van der Waals surface area contributed by atoms with Gasteiger partial charge in [0.2, 0.25) is 10.0 Å². The standard InChI is InChI=1S/C20H23ClN4O5S/c21-15-5-9-18(10-6-15)31(28,29)23-14-17-8-7-16(30-17)13-22-24-19(26)20(27)25-11-3-1-2-4-12-25/h5-10,13,23H,1-4,11-12,14H2,(H,24,26)/b22-13+. The van der Waals surface area contributed by atoms with Crippen molar-refractivity contribution in [3.8, 4) is 0 Å². The molecule has 1 saturated heterocycles. The Morgan fingerprint density at radius 3 is 2.42 bits per heavy atom. The second-order valence-electron chi connectivity index (χ2n) is 6.99. The van der Waals surface area contributed by atoms with E-state index in [1.165, 1.54) is 35.4 Å². The minimum absolute atomic E-state index is 0.0708. The van der Waals surface area contributed by atoms with E-state index in [-0.39, 0.29) is 11.4 Å². The van der Waals surface area contributed by atoms with Crippen LogP contribution in [-0.4, -0.2) is 44.4 Å². The van der Waals surface area contributed by atoms with Gasteiger partial charge in [0, 0.05) is 18.1 Å². The van der Waals surface area contributed by atoms with E-state index in [1.807, 2.05) is 0 Å². The van der Waals surface area contributed by atoms with Gasteiger partial charge >= 0.3 is 11.8 Å². The van der Waals surface area contributed by atoms with Crippen LogP contribution in [-0.2, 0) is 26.2 Å². The molecule has 0 radical (unpaired) electrons. The van der Waals surface area contributed by atoms with Crippen LogP contribution in [0.5, 0.6) is 0 Å². The largest absolute Gasteiger partial charge is 0.459 e. The minimum atomic E-state index is -3.72. The number of hydrogen-bond acceptors (Lipinski definition) is 6. The highest BCUT2D eigenvalue weighted by Crippen LogP contribution is 2.15. The quantitative estimate of drug-likeness (QED) is 0.384. The van der Waals surface area contributed by atoms with Gasteiger partial charge in [-0.15, -0.1) is 0 Å². The van der Waals surface area contributed by atoms with E-state index in [0.29, 0.717) is 29.6 Å². The zero-order valence-corrected chi connectivity index (χ0v) is 18.3. The number of nitrogens with one attached hydrogen (secondary N) is 2. The molecule has 1 fully saturated rings. The van der Waals surface area contributed by atoms with Gasteiger partial charge in [0.15, 0.2) is 0 Å². The van der Waals surface area contributed by atoms with Gasteiger partial charge in [-0.25, -0.2) is 18.6 Å². The van der Waals surface area contributed by atoms with Crippen LogP contribution >= 0.6 is 11.6 Å². The molecular formula is C20H23ClN4O5S. The summed E-state index contributed by atoms with van der Waals surface area (Å²) in [7, 11) is -3.72. The first-order valence-electron chi connectivity index (χ1n) is 9.81. The van der Waals surface area contributed by atoms with Gasteiger partial charge in [0.25, 0.3) is 0 Å². The summed E-state index contributed by atoms with van der Waals surface area (Å²) in [4.78, 5) is 25.8. The molecule has 0 saturated carbocycles. The number of benzene rings is 1. The molecule has 2 N–H and O–H groups in total. The Bertz CT molecular complexity index is 1040. The topological polar surface area (TPSA) is 121 Å². The molecule has 11 heteroatoms. The molecule has 2 amide bonds. The van der Waals surface area contributed by atoms with Crippen molar-refractivity contribution in [3.05, 3.63) is 52.9 Å². The molecule has 2 heterocycles. The lowest BCUT2D eigenvalue weighted by atomic mass is 10.2. The number of amides is 2. The van der Waals surface area contributed by atoms with Crippen molar-refractivity contribution in [1.29, 1.82) is 0 Å². The highest BCUT2D eigenvalue weighted by molar-refractivity contribution is 7.89. The van der Waals surface area contributed by atoms with Crippen molar-refractivity contribution in [2.75, 3.05) is 13.1 Å². The fourth-order valence-corrected chi connectivity index (χ4v) is 4.16. The van der Waals surface area contributed by atoms with Crippen LogP contribution < -0.4 is 10.1 Å². The number of hydrogen-bond donors (Lipinski definition) is 2. The molecule has 2 aromatic rings. The Kier molecular flexibility index (Phi) is 7.83. The van der Waals surface area contributed by atoms with E-state index in [0.717, 1.165) is 25.7 Å². The van der Waals surface area contributed by atoms with E-state index < -0.39 is 21.8 Å². The number of furan rings is 1. The van der Waals surface area contributed by atoms with Crippen LogP contribution in [0.1, 0.15) is 37.2 Å². The first kappa shape index (κ1) is 23.0. The number of rotatable bonds is 6. The summed E-state index contributed by atoms with van der Waals surface area (Å²) in [5, 5.41) is 4.18. The third kappa shape index (κ3) is 6.65. The van der Waals surface area contributed by atoms with Gasteiger partial charge in [-0.3, -0.25) is 9.59 Å². The highest BCUT2D eigenvalue weighted by Gasteiger charge is 2.22. The Balaban J connectivity index is 1.50. The Morgan fingerprint density at radius 2 is 1.74 bits per heavy atom. The minimum Gasteiger partial charge on any atom is -0.459 e. The Labute approximate surface area is 185 Å². The molecule has 0 spiro atoms. The molecular weight excluding hydrogens is 444 g/mol. The maximum atomic E-state index is 12.3. The number of carbonyl (C=O) groups excluding carboxylic acids is 2.